The molecule has 0 heterocycles. The maximum atomic E-state index is 13.5. The monoisotopic (exact) mass is 478 g/mol. The van der Waals surface area contributed by atoms with Crippen LogP contribution in [-0.4, -0.2) is 59.7 Å². The van der Waals surface area contributed by atoms with E-state index < -0.39 is 54.6 Å². The van der Waals surface area contributed by atoms with Crippen LogP contribution >= 0.6 is 0 Å². The fourth-order valence-corrected chi connectivity index (χ4v) is 1.12. The Bertz CT molecular complexity index is 610. The van der Waals surface area contributed by atoms with E-state index in [1.165, 1.54) is 4.74 Å². The zero-order valence-electron chi connectivity index (χ0n) is 12.3. The third-order valence-electron chi connectivity index (χ3n) is 2.58. The van der Waals surface area contributed by atoms with E-state index in [1.807, 2.05) is 0 Å². The van der Waals surface area contributed by atoms with Crippen molar-refractivity contribution >= 4 is 5.97 Å². The molecule has 174 valence electrons. The van der Waals surface area contributed by atoms with E-state index in [9.17, 15) is 75.0 Å². The first kappa shape index (κ1) is 27.3. The van der Waals surface area contributed by atoms with Gasteiger partial charge in [-0.05, 0) is 0 Å². The van der Waals surface area contributed by atoms with Gasteiger partial charge >= 0.3 is 54.6 Å². The van der Waals surface area contributed by atoms with Gasteiger partial charge < -0.3 is 5.11 Å². The second kappa shape index (κ2) is 7.20. The van der Waals surface area contributed by atoms with Crippen molar-refractivity contribution in [3.63, 3.8) is 0 Å². The normalized spacial score (nSPS) is 19.1. The van der Waals surface area contributed by atoms with Gasteiger partial charge in [0, 0.05) is 0 Å². The van der Waals surface area contributed by atoms with E-state index in [1.54, 1.807) is 4.74 Å². The quantitative estimate of drug-likeness (QED) is 0.517. The molecule has 0 bridgehead atoms. The molecule has 0 aliphatic rings. The van der Waals surface area contributed by atoms with Gasteiger partial charge in [0.25, 0.3) is 0 Å². The smallest absolute Gasteiger partial charge is 0.462 e. The van der Waals surface area contributed by atoms with Gasteiger partial charge in [0.1, 0.15) is 0 Å². The number of hydrogen-bond donors (Lipinski definition) is 1. The zero-order valence-corrected chi connectivity index (χ0v) is 12.3. The van der Waals surface area contributed by atoms with Crippen LogP contribution in [0.5, 0.6) is 0 Å². The Morgan fingerprint density at radius 2 is 1.03 bits per heavy atom. The van der Waals surface area contributed by atoms with Crippen molar-refractivity contribution < 1.29 is 89.6 Å². The highest BCUT2D eigenvalue weighted by Crippen LogP contribution is 2.53. The van der Waals surface area contributed by atoms with E-state index in [-0.39, 0.29) is 0 Å². The number of carbonyl (C=O) groups is 1. The molecule has 0 aliphatic carbocycles. The first-order chi connectivity index (χ1) is 12.3. The van der Waals surface area contributed by atoms with Gasteiger partial charge in [0.05, 0.1) is 0 Å². The van der Waals surface area contributed by atoms with Crippen LogP contribution < -0.4 is 0 Å². The molecule has 0 saturated heterocycles. The Balaban J connectivity index is 6.40. The molecule has 20 heteroatoms. The minimum atomic E-state index is -7.70. The molecule has 0 aromatic carbocycles. The Labute approximate surface area is 145 Å². The molecular weight excluding hydrogens is 476 g/mol. The highest BCUT2D eigenvalue weighted by Gasteiger charge is 2.81. The fraction of sp³-hybridized carbons (Fsp3) is 0.889. The lowest BCUT2D eigenvalue weighted by atomic mass is 10.2. The fourth-order valence-electron chi connectivity index (χ4n) is 1.12. The van der Waals surface area contributed by atoms with Crippen LogP contribution in [0.3, 0.4) is 0 Å². The van der Waals surface area contributed by atoms with Gasteiger partial charge in [0.2, 0.25) is 0 Å². The molecule has 0 aromatic heterocycles. The molecule has 1 N–H and O–H groups in total. The van der Waals surface area contributed by atoms with Gasteiger partial charge in [0.15, 0.2) is 0 Å². The molecule has 0 aliphatic heterocycles. The number of carboxylic acid groups (broad SMARTS) is 1. The molecule has 2 atom stereocenters. The largest absolute Gasteiger partial charge is 0.477 e. The molecular formula is C9H2F16O4. The summed E-state index contributed by atoms with van der Waals surface area (Å²) in [5.41, 5.74) is 0. The third-order valence-corrected chi connectivity index (χ3v) is 2.58. The van der Waals surface area contributed by atoms with Crippen LogP contribution in [0.25, 0.3) is 0 Å². The highest BCUT2D eigenvalue weighted by atomic mass is 19.4. The van der Waals surface area contributed by atoms with Gasteiger partial charge in [-0.1, -0.05) is 0 Å². The Kier molecular flexibility index (Phi) is 6.77. The number of ether oxygens (including phenoxy) is 2. The minimum Gasteiger partial charge on any atom is -0.477 e. The van der Waals surface area contributed by atoms with Crippen LogP contribution in [-0.2, 0) is 14.3 Å². The summed E-state index contributed by atoms with van der Waals surface area (Å²) < 4.78 is 204. The summed E-state index contributed by atoms with van der Waals surface area (Å²) in [5.74, 6) is -26.1. The number of alkyl halides is 16. The summed E-state index contributed by atoms with van der Waals surface area (Å²) in [4.78, 5) is 10.1. The second-order valence-corrected chi connectivity index (χ2v) is 4.65. The van der Waals surface area contributed by atoms with E-state index in [0.717, 1.165) is 0 Å². The standard InChI is InChI=1S/C9H2F16O4/c10-1(11)3(12,28-9(24,25)5(14,15)7(19,20)21)8(22,23)29-4(13,2(26)27)6(16,17)18/h1H,(H,26,27). The average molecular weight is 478 g/mol. The number of hydrogen-bond acceptors (Lipinski definition) is 3. The molecule has 2 unspecified atom stereocenters. The summed E-state index contributed by atoms with van der Waals surface area (Å²) in [5, 5.41) is 7.88. The Morgan fingerprint density at radius 1 is 0.655 bits per heavy atom. The lowest BCUT2D eigenvalue weighted by Gasteiger charge is -2.38. The first-order valence-electron chi connectivity index (χ1n) is 5.87. The molecule has 0 radical (unpaired) electrons. The molecule has 0 saturated carbocycles. The maximum absolute atomic E-state index is 13.5. The molecule has 0 amide bonds. The van der Waals surface area contributed by atoms with E-state index in [0.29, 0.717) is 0 Å². The molecule has 0 rings (SSSR count). The van der Waals surface area contributed by atoms with Crippen molar-refractivity contribution in [3.05, 3.63) is 0 Å². The van der Waals surface area contributed by atoms with Crippen molar-refractivity contribution in [1.82, 2.24) is 0 Å². The number of aliphatic carboxylic acids is 1. The zero-order chi connectivity index (χ0) is 24.1. The number of rotatable bonds is 8. The van der Waals surface area contributed by atoms with E-state index in [2.05, 4.69) is 0 Å². The summed E-state index contributed by atoms with van der Waals surface area (Å²) >= 11 is 0. The van der Waals surface area contributed by atoms with Crippen LogP contribution in [0.15, 0.2) is 0 Å². The van der Waals surface area contributed by atoms with Gasteiger partial charge in [-0.25, -0.2) is 13.6 Å². The molecule has 0 spiro atoms. The first-order valence-corrected chi connectivity index (χ1v) is 5.87. The SMILES string of the molecule is O=C(O)C(F)(OC(F)(F)C(F)(OC(F)(F)C(F)(F)C(F)(F)F)C(F)F)C(F)(F)F. The van der Waals surface area contributed by atoms with E-state index >= 15 is 0 Å². The number of carboxylic acids is 1. The highest BCUT2D eigenvalue weighted by molar-refractivity contribution is 5.76. The Hall–Kier alpha value is -1.73. The summed E-state index contributed by atoms with van der Waals surface area (Å²) in [6.07, 6.45) is -35.9. The van der Waals surface area contributed by atoms with Crippen LogP contribution in [0.1, 0.15) is 0 Å². The minimum absolute atomic E-state index is 1.46. The summed E-state index contributed by atoms with van der Waals surface area (Å²) in [6, 6.07) is 0. The van der Waals surface area contributed by atoms with Gasteiger partial charge in [-0.2, -0.15) is 61.5 Å². The predicted molar refractivity (Wildman–Crippen MR) is 50.4 cm³/mol. The maximum Gasteiger partial charge on any atom is 0.462 e. The third kappa shape index (κ3) is 4.56. The molecule has 0 fully saturated rings. The summed E-state index contributed by atoms with van der Waals surface area (Å²) in [7, 11) is 0. The molecule has 29 heavy (non-hydrogen) atoms. The lowest BCUT2D eigenvalue weighted by molar-refractivity contribution is -0.525. The second-order valence-electron chi connectivity index (χ2n) is 4.65. The van der Waals surface area contributed by atoms with Crippen LogP contribution in [0.4, 0.5) is 70.2 Å². The molecule has 0 aromatic rings. The van der Waals surface area contributed by atoms with Gasteiger partial charge in [-0.3, -0.25) is 9.47 Å². The lowest BCUT2D eigenvalue weighted by Crippen LogP contribution is -2.65. The van der Waals surface area contributed by atoms with Crippen LogP contribution in [0, 0.1) is 0 Å². The Morgan fingerprint density at radius 3 is 1.28 bits per heavy atom. The average Bonchev–Trinajstić information content (AvgIpc) is 2.42. The number of halogens is 16. The summed E-state index contributed by atoms with van der Waals surface area (Å²) in [6.45, 7) is 0. The van der Waals surface area contributed by atoms with Crippen LogP contribution in [0.2, 0.25) is 0 Å². The van der Waals surface area contributed by atoms with Crippen molar-refractivity contribution in [1.29, 1.82) is 0 Å². The van der Waals surface area contributed by atoms with Crippen molar-refractivity contribution in [2.24, 2.45) is 0 Å². The van der Waals surface area contributed by atoms with Gasteiger partial charge in [-0.15, -0.1) is 0 Å². The van der Waals surface area contributed by atoms with Crippen molar-refractivity contribution in [3.8, 4) is 0 Å². The van der Waals surface area contributed by atoms with E-state index in [4.69, 9.17) is 5.11 Å². The van der Waals surface area contributed by atoms with Crippen molar-refractivity contribution in [2.45, 2.75) is 48.6 Å². The molecule has 4 nitrogen and oxygen atoms in total. The van der Waals surface area contributed by atoms with Crippen molar-refractivity contribution in [2.75, 3.05) is 0 Å². The predicted octanol–water partition coefficient (Wildman–Crippen LogP) is 4.65. The topological polar surface area (TPSA) is 55.8 Å².